The second kappa shape index (κ2) is 3.45. The van der Waals surface area contributed by atoms with Gasteiger partial charge in [-0.2, -0.15) is 0 Å². The fourth-order valence-corrected chi connectivity index (χ4v) is 2.57. The van der Waals surface area contributed by atoms with E-state index in [-0.39, 0.29) is 23.6 Å². The zero-order chi connectivity index (χ0) is 12.0. The maximum atomic E-state index is 11.6. The van der Waals surface area contributed by atoms with Gasteiger partial charge in [0, 0.05) is 12.2 Å². The quantitative estimate of drug-likeness (QED) is 0.738. The average molecular weight is 229 g/mol. The number of hydrogen-bond donors (Lipinski definition) is 1. The van der Waals surface area contributed by atoms with Crippen LogP contribution in [-0.2, 0) is 16.0 Å². The number of fused-ring (bicyclic) bond motifs is 1. The SMILES string of the molecule is O=C1C=CC(=O)N1[C@H]1CCc2cc(O)ccc21. The number of hydrogen-bond acceptors (Lipinski definition) is 3. The minimum Gasteiger partial charge on any atom is -0.508 e. The number of amides is 2. The fraction of sp³-hybridized carbons (Fsp3) is 0.231. The predicted molar refractivity (Wildman–Crippen MR) is 60.2 cm³/mol. The molecule has 1 aliphatic carbocycles. The van der Waals surface area contributed by atoms with Gasteiger partial charge in [-0.15, -0.1) is 0 Å². The Morgan fingerprint density at radius 2 is 1.88 bits per heavy atom. The third kappa shape index (κ3) is 1.45. The van der Waals surface area contributed by atoms with Crippen molar-refractivity contribution in [2.45, 2.75) is 18.9 Å². The van der Waals surface area contributed by atoms with Crippen molar-refractivity contribution in [2.24, 2.45) is 0 Å². The lowest BCUT2D eigenvalue weighted by Crippen LogP contribution is -2.33. The lowest BCUT2D eigenvalue weighted by molar-refractivity contribution is -0.139. The molecule has 0 saturated heterocycles. The molecule has 4 nitrogen and oxygen atoms in total. The van der Waals surface area contributed by atoms with Crippen LogP contribution in [0.15, 0.2) is 30.4 Å². The van der Waals surface area contributed by atoms with Gasteiger partial charge in [-0.1, -0.05) is 6.07 Å². The van der Waals surface area contributed by atoms with E-state index in [0.29, 0.717) is 0 Å². The van der Waals surface area contributed by atoms with Gasteiger partial charge in [0.05, 0.1) is 6.04 Å². The molecule has 1 N–H and O–H groups in total. The van der Waals surface area contributed by atoms with Crippen LogP contribution >= 0.6 is 0 Å². The van der Waals surface area contributed by atoms with Crippen LogP contribution in [-0.4, -0.2) is 21.8 Å². The molecule has 17 heavy (non-hydrogen) atoms. The summed E-state index contributed by atoms with van der Waals surface area (Å²) in [6.45, 7) is 0. The highest BCUT2D eigenvalue weighted by atomic mass is 16.3. The van der Waals surface area contributed by atoms with Gasteiger partial charge in [-0.3, -0.25) is 14.5 Å². The van der Waals surface area contributed by atoms with Crippen LogP contribution in [0.1, 0.15) is 23.6 Å². The molecule has 3 rings (SSSR count). The molecule has 0 radical (unpaired) electrons. The van der Waals surface area contributed by atoms with E-state index in [4.69, 9.17) is 0 Å². The Labute approximate surface area is 98.2 Å². The molecule has 1 aromatic rings. The van der Waals surface area contributed by atoms with Crippen LogP contribution in [0.4, 0.5) is 0 Å². The minimum absolute atomic E-state index is 0.180. The summed E-state index contributed by atoms with van der Waals surface area (Å²) in [5.74, 6) is -0.275. The molecule has 0 aromatic heterocycles. The molecule has 0 fully saturated rings. The lowest BCUT2D eigenvalue weighted by atomic mass is 10.1. The molecule has 1 atom stereocenters. The first-order valence-electron chi connectivity index (χ1n) is 5.54. The van der Waals surface area contributed by atoms with Crippen LogP contribution < -0.4 is 0 Å². The summed E-state index contributed by atoms with van der Waals surface area (Å²) >= 11 is 0. The predicted octanol–water partition coefficient (Wildman–Crippen LogP) is 1.30. The van der Waals surface area contributed by atoms with Gasteiger partial charge in [-0.25, -0.2) is 0 Å². The van der Waals surface area contributed by atoms with E-state index in [1.165, 1.54) is 17.1 Å². The summed E-state index contributed by atoms with van der Waals surface area (Å²) in [6, 6.07) is 4.91. The minimum atomic E-state index is -0.249. The molecule has 0 spiro atoms. The highest BCUT2D eigenvalue weighted by Gasteiger charge is 2.36. The van der Waals surface area contributed by atoms with Crippen LogP contribution in [0.5, 0.6) is 5.75 Å². The fourth-order valence-electron chi connectivity index (χ4n) is 2.57. The third-order valence-corrected chi connectivity index (χ3v) is 3.33. The van der Waals surface area contributed by atoms with Crippen molar-refractivity contribution in [3.8, 4) is 5.75 Å². The Bertz CT molecular complexity index is 530. The topological polar surface area (TPSA) is 57.6 Å². The van der Waals surface area contributed by atoms with Gasteiger partial charge >= 0.3 is 0 Å². The van der Waals surface area contributed by atoms with Crippen molar-refractivity contribution in [2.75, 3.05) is 0 Å². The Morgan fingerprint density at radius 1 is 1.18 bits per heavy atom. The van der Waals surface area contributed by atoms with E-state index in [1.54, 1.807) is 18.2 Å². The zero-order valence-corrected chi connectivity index (χ0v) is 9.09. The molecular formula is C13H11NO3. The number of rotatable bonds is 1. The summed E-state index contributed by atoms with van der Waals surface area (Å²) in [5, 5.41) is 9.39. The second-order valence-electron chi connectivity index (χ2n) is 4.32. The van der Waals surface area contributed by atoms with Crippen LogP contribution in [0.2, 0.25) is 0 Å². The van der Waals surface area contributed by atoms with Gasteiger partial charge in [0.1, 0.15) is 5.75 Å². The number of phenols is 1. The molecule has 1 heterocycles. The smallest absolute Gasteiger partial charge is 0.254 e. The molecule has 1 aliphatic heterocycles. The second-order valence-corrected chi connectivity index (χ2v) is 4.32. The van der Waals surface area contributed by atoms with E-state index >= 15 is 0 Å². The van der Waals surface area contributed by atoms with Gasteiger partial charge in [0.25, 0.3) is 11.8 Å². The van der Waals surface area contributed by atoms with Crippen LogP contribution in [0.3, 0.4) is 0 Å². The Morgan fingerprint density at radius 3 is 2.59 bits per heavy atom. The van der Waals surface area contributed by atoms with Gasteiger partial charge < -0.3 is 5.11 Å². The van der Waals surface area contributed by atoms with Crippen LogP contribution in [0.25, 0.3) is 0 Å². The van der Waals surface area contributed by atoms with E-state index < -0.39 is 0 Å². The molecule has 86 valence electrons. The monoisotopic (exact) mass is 229 g/mol. The lowest BCUT2D eigenvalue weighted by Gasteiger charge is -2.22. The van der Waals surface area contributed by atoms with Gasteiger partial charge in [0.15, 0.2) is 0 Å². The summed E-state index contributed by atoms with van der Waals surface area (Å²) in [7, 11) is 0. The molecule has 2 aliphatic rings. The first kappa shape index (κ1) is 10.1. The van der Waals surface area contributed by atoms with Crippen molar-refractivity contribution in [3.05, 3.63) is 41.5 Å². The summed E-state index contributed by atoms with van der Waals surface area (Å²) in [5.41, 5.74) is 1.98. The summed E-state index contributed by atoms with van der Waals surface area (Å²) in [4.78, 5) is 24.5. The Hall–Kier alpha value is -2.10. The maximum absolute atomic E-state index is 11.6. The average Bonchev–Trinajstić information content (AvgIpc) is 2.83. The van der Waals surface area contributed by atoms with Crippen molar-refractivity contribution >= 4 is 11.8 Å². The number of imide groups is 1. The maximum Gasteiger partial charge on any atom is 0.254 e. The van der Waals surface area contributed by atoms with Crippen molar-refractivity contribution in [1.82, 2.24) is 4.90 Å². The summed E-state index contributed by atoms with van der Waals surface area (Å²) in [6.07, 6.45) is 4.13. The molecule has 1 aromatic carbocycles. The van der Waals surface area contributed by atoms with E-state index in [9.17, 15) is 14.7 Å². The van der Waals surface area contributed by atoms with Gasteiger partial charge in [0.2, 0.25) is 0 Å². The van der Waals surface area contributed by atoms with E-state index in [2.05, 4.69) is 0 Å². The Kier molecular flexibility index (Phi) is 2.04. The number of nitrogens with zero attached hydrogens (tertiary/aromatic N) is 1. The highest BCUT2D eigenvalue weighted by molar-refractivity contribution is 6.13. The number of phenolic OH excluding ortho intramolecular Hbond substituents is 1. The summed E-state index contributed by atoms with van der Waals surface area (Å²) < 4.78 is 0. The van der Waals surface area contributed by atoms with Gasteiger partial charge in [-0.05, 0) is 36.1 Å². The number of aromatic hydroxyl groups is 1. The number of benzene rings is 1. The zero-order valence-electron chi connectivity index (χ0n) is 9.09. The molecule has 2 amide bonds. The Balaban J connectivity index is 1.99. The largest absolute Gasteiger partial charge is 0.508 e. The van der Waals surface area contributed by atoms with Crippen LogP contribution in [0, 0.1) is 0 Å². The first-order chi connectivity index (χ1) is 8.16. The number of carbonyl (C=O) groups excluding carboxylic acids is 2. The van der Waals surface area contributed by atoms with Crippen molar-refractivity contribution in [3.63, 3.8) is 0 Å². The number of aryl methyl sites for hydroxylation is 1. The molecule has 0 saturated carbocycles. The normalized spacial score (nSPS) is 22.4. The standard InChI is InChI=1S/C13H11NO3/c15-9-2-3-10-8(7-9)1-4-11(10)14-12(16)5-6-13(14)17/h2-3,5-7,11,15H,1,4H2/t11-/m0/s1. The molecular weight excluding hydrogens is 218 g/mol. The number of carbonyl (C=O) groups is 2. The highest BCUT2D eigenvalue weighted by Crippen LogP contribution is 2.38. The molecule has 4 heteroatoms. The third-order valence-electron chi connectivity index (χ3n) is 3.33. The van der Waals surface area contributed by atoms with E-state index in [0.717, 1.165) is 24.0 Å². The molecule has 0 unspecified atom stereocenters. The van der Waals surface area contributed by atoms with Crippen molar-refractivity contribution < 1.29 is 14.7 Å². The first-order valence-corrected chi connectivity index (χ1v) is 5.54. The van der Waals surface area contributed by atoms with Crippen molar-refractivity contribution in [1.29, 1.82) is 0 Å². The van der Waals surface area contributed by atoms with E-state index in [1.807, 2.05) is 0 Å². The molecule has 0 bridgehead atoms.